The Bertz CT molecular complexity index is 1100. The molecule has 4 aromatic rings. The van der Waals surface area contributed by atoms with Gasteiger partial charge in [-0.3, -0.25) is 0 Å². The average Bonchev–Trinajstić information content (AvgIpc) is 3.16. The molecule has 5 heteroatoms. The topological polar surface area (TPSA) is 56.4 Å². The highest BCUT2D eigenvalue weighted by Crippen LogP contribution is 2.33. The van der Waals surface area contributed by atoms with Crippen LogP contribution in [0.3, 0.4) is 0 Å². The Balaban J connectivity index is 1.63. The monoisotopic (exact) mass is 374 g/mol. The number of nitrogens with one attached hydrogen (secondary N) is 1. The summed E-state index contributed by atoms with van der Waals surface area (Å²) in [5, 5.41) is 0. The first kappa shape index (κ1) is 17.9. The van der Waals surface area contributed by atoms with E-state index in [1.807, 2.05) is 36.4 Å². The number of imidazole rings is 1. The minimum atomic E-state index is 0.470. The molecule has 0 amide bonds. The maximum absolute atomic E-state index is 6.04. The van der Waals surface area contributed by atoms with Gasteiger partial charge in [-0.15, -0.1) is 0 Å². The fourth-order valence-electron chi connectivity index (χ4n) is 3.03. The fraction of sp³-hybridized carbons (Fsp3) is 0.174. The zero-order valence-electron chi connectivity index (χ0n) is 16.2. The van der Waals surface area contributed by atoms with Crippen molar-refractivity contribution in [1.29, 1.82) is 0 Å². The Morgan fingerprint density at radius 2 is 1.68 bits per heavy atom. The molecule has 0 aliphatic heterocycles. The van der Waals surface area contributed by atoms with Crippen molar-refractivity contribution in [2.45, 2.75) is 13.5 Å². The molecule has 28 heavy (non-hydrogen) atoms. The minimum Gasteiger partial charge on any atom is -0.497 e. The summed E-state index contributed by atoms with van der Waals surface area (Å²) in [6, 6.07) is 19.9. The first-order valence-corrected chi connectivity index (χ1v) is 9.07. The molecule has 0 radical (unpaired) electrons. The number of aromatic nitrogens is 2. The van der Waals surface area contributed by atoms with Gasteiger partial charge in [0.15, 0.2) is 11.5 Å². The number of hydrogen-bond acceptors (Lipinski definition) is 4. The molecule has 5 nitrogen and oxygen atoms in total. The zero-order valence-corrected chi connectivity index (χ0v) is 16.2. The molecular weight excluding hydrogens is 352 g/mol. The summed E-state index contributed by atoms with van der Waals surface area (Å²) in [5.74, 6) is 2.93. The van der Waals surface area contributed by atoms with Crippen molar-refractivity contribution in [3.8, 4) is 28.6 Å². The van der Waals surface area contributed by atoms with Gasteiger partial charge in [-0.1, -0.05) is 29.8 Å². The van der Waals surface area contributed by atoms with E-state index < -0.39 is 0 Å². The molecule has 3 aromatic carbocycles. The Morgan fingerprint density at radius 3 is 2.43 bits per heavy atom. The van der Waals surface area contributed by atoms with E-state index in [4.69, 9.17) is 14.2 Å². The van der Waals surface area contributed by atoms with Crippen LogP contribution in [0.1, 0.15) is 11.1 Å². The third kappa shape index (κ3) is 3.64. The molecule has 0 unspecified atom stereocenters. The van der Waals surface area contributed by atoms with Gasteiger partial charge in [0.25, 0.3) is 0 Å². The van der Waals surface area contributed by atoms with Gasteiger partial charge in [0.05, 0.1) is 25.3 Å². The first-order valence-electron chi connectivity index (χ1n) is 9.07. The second kappa shape index (κ2) is 7.64. The summed E-state index contributed by atoms with van der Waals surface area (Å²) in [4.78, 5) is 8.02. The molecule has 1 aromatic heterocycles. The number of H-pyrrole nitrogens is 1. The van der Waals surface area contributed by atoms with Crippen LogP contribution in [0.2, 0.25) is 0 Å². The summed E-state index contributed by atoms with van der Waals surface area (Å²) in [6.45, 7) is 2.54. The van der Waals surface area contributed by atoms with Crippen molar-refractivity contribution in [2.24, 2.45) is 0 Å². The van der Waals surface area contributed by atoms with Gasteiger partial charge in [0.1, 0.15) is 18.2 Å². The standard InChI is InChI=1S/C23H22N2O3/c1-15-4-6-16(7-5-15)14-28-22-12-17(8-11-21(22)27-3)23-24-19-10-9-18(26-2)13-20(19)25-23/h4-13H,14H2,1-3H3,(H,24,25). The fourth-order valence-corrected chi connectivity index (χ4v) is 3.03. The maximum atomic E-state index is 6.04. The van der Waals surface area contributed by atoms with Crippen molar-refractivity contribution in [2.75, 3.05) is 14.2 Å². The van der Waals surface area contributed by atoms with Crippen molar-refractivity contribution in [1.82, 2.24) is 9.97 Å². The van der Waals surface area contributed by atoms with Crippen LogP contribution in [0.25, 0.3) is 22.4 Å². The lowest BCUT2D eigenvalue weighted by Gasteiger charge is -2.12. The number of benzene rings is 3. The second-order valence-corrected chi connectivity index (χ2v) is 6.61. The number of aryl methyl sites for hydroxylation is 1. The third-order valence-corrected chi connectivity index (χ3v) is 4.64. The largest absolute Gasteiger partial charge is 0.497 e. The van der Waals surface area contributed by atoms with E-state index in [0.29, 0.717) is 18.1 Å². The summed E-state index contributed by atoms with van der Waals surface area (Å²) >= 11 is 0. The van der Waals surface area contributed by atoms with E-state index in [2.05, 4.69) is 41.2 Å². The van der Waals surface area contributed by atoms with Gasteiger partial charge in [-0.05, 0) is 42.8 Å². The number of fused-ring (bicyclic) bond motifs is 1. The SMILES string of the molecule is COc1ccc2nc(-c3ccc(OC)c(OCc4ccc(C)cc4)c3)[nH]c2c1. The summed E-state index contributed by atoms with van der Waals surface area (Å²) in [5.41, 5.74) is 5.06. The second-order valence-electron chi connectivity index (χ2n) is 6.61. The smallest absolute Gasteiger partial charge is 0.162 e. The lowest BCUT2D eigenvalue weighted by atomic mass is 10.1. The molecule has 0 bridgehead atoms. The predicted octanol–water partition coefficient (Wildman–Crippen LogP) is 5.13. The van der Waals surface area contributed by atoms with Crippen molar-refractivity contribution >= 4 is 11.0 Å². The van der Waals surface area contributed by atoms with Crippen LogP contribution >= 0.6 is 0 Å². The molecule has 0 aliphatic carbocycles. The van der Waals surface area contributed by atoms with Crippen LogP contribution < -0.4 is 14.2 Å². The van der Waals surface area contributed by atoms with Gasteiger partial charge >= 0.3 is 0 Å². The van der Waals surface area contributed by atoms with Gasteiger partial charge in [0, 0.05) is 11.6 Å². The van der Waals surface area contributed by atoms with E-state index in [1.54, 1.807) is 14.2 Å². The molecule has 1 heterocycles. The van der Waals surface area contributed by atoms with Crippen LogP contribution in [0.4, 0.5) is 0 Å². The number of nitrogens with zero attached hydrogens (tertiary/aromatic N) is 1. The minimum absolute atomic E-state index is 0.470. The lowest BCUT2D eigenvalue weighted by Crippen LogP contribution is -1.98. The maximum Gasteiger partial charge on any atom is 0.162 e. The Morgan fingerprint density at radius 1 is 0.857 bits per heavy atom. The molecule has 0 fully saturated rings. The molecule has 0 saturated heterocycles. The highest BCUT2D eigenvalue weighted by molar-refractivity contribution is 5.81. The van der Waals surface area contributed by atoms with Crippen LogP contribution in [0.5, 0.6) is 17.2 Å². The lowest BCUT2D eigenvalue weighted by molar-refractivity contribution is 0.284. The number of ether oxygens (including phenoxy) is 3. The zero-order chi connectivity index (χ0) is 19.5. The van der Waals surface area contributed by atoms with Gasteiger partial charge in [-0.25, -0.2) is 4.98 Å². The van der Waals surface area contributed by atoms with Crippen molar-refractivity contribution in [3.05, 3.63) is 71.8 Å². The Hall–Kier alpha value is -3.47. The molecule has 4 rings (SSSR count). The van der Waals surface area contributed by atoms with Crippen molar-refractivity contribution < 1.29 is 14.2 Å². The van der Waals surface area contributed by atoms with Gasteiger partial charge in [0.2, 0.25) is 0 Å². The Kier molecular flexibility index (Phi) is 4.89. The van der Waals surface area contributed by atoms with Crippen LogP contribution in [0, 0.1) is 6.92 Å². The molecule has 0 spiro atoms. The molecule has 0 aliphatic rings. The van der Waals surface area contributed by atoms with Gasteiger partial charge < -0.3 is 19.2 Å². The van der Waals surface area contributed by atoms with Crippen LogP contribution in [0.15, 0.2) is 60.7 Å². The molecule has 1 N–H and O–H groups in total. The highest BCUT2D eigenvalue weighted by Gasteiger charge is 2.11. The summed E-state index contributed by atoms with van der Waals surface area (Å²) in [6.07, 6.45) is 0. The van der Waals surface area contributed by atoms with Crippen LogP contribution in [-0.2, 0) is 6.61 Å². The molecular formula is C23H22N2O3. The normalized spacial score (nSPS) is 10.8. The highest BCUT2D eigenvalue weighted by atomic mass is 16.5. The summed E-state index contributed by atoms with van der Waals surface area (Å²) < 4.78 is 16.8. The van der Waals surface area contributed by atoms with Crippen LogP contribution in [-0.4, -0.2) is 24.2 Å². The number of aromatic amines is 1. The van der Waals surface area contributed by atoms with E-state index in [9.17, 15) is 0 Å². The average molecular weight is 374 g/mol. The van der Waals surface area contributed by atoms with E-state index in [0.717, 1.165) is 33.7 Å². The summed E-state index contributed by atoms with van der Waals surface area (Å²) in [7, 11) is 3.29. The molecule has 0 atom stereocenters. The number of rotatable bonds is 6. The first-order chi connectivity index (χ1) is 13.7. The van der Waals surface area contributed by atoms with E-state index >= 15 is 0 Å². The number of methoxy groups -OCH3 is 2. The third-order valence-electron chi connectivity index (χ3n) is 4.64. The van der Waals surface area contributed by atoms with E-state index in [-0.39, 0.29) is 0 Å². The van der Waals surface area contributed by atoms with Crippen molar-refractivity contribution in [3.63, 3.8) is 0 Å². The van der Waals surface area contributed by atoms with Gasteiger partial charge in [-0.2, -0.15) is 0 Å². The Labute approximate surface area is 163 Å². The molecule has 0 saturated carbocycles. The predicted molar refractivity (Wildman–Crippen MR) is 110 cm³/mol. The molecule has 142 valence electrons. The van der Waals surface area contributed by atoms with E-state index in [1.165, 1.54) is 5.56 Å². The number of hydrogen-bond donors (Lipinski definition) is 1. The quantitative estimate of drug-likeness (QED) is 0.508.